The van der Waals surface area contributed by atoms with Crippen molar-refractivity contribution in [3.05, 3.63) is 131 Å². The molecule has 2 atom stereocenters. The first kappa shape index (κ1) is 35.4. The maximum absolute atomic E-state index is 2.99. The Balaban J connectivity index is 1.30. The largest absolute Gasteiger partial charge is 0.400 e. The van der Waals surface area contributed by atoms with E-state index in [2.05, 4.69) is 181 Å². The number of rotatable bonds is 2. The van der Waals surface area contributed by atoms with Gasteiger partial charge in [0.15, 0.2) is 0 Å². The summed E-state index contributed by atoms with van der Waals surface area (Å²) in [5.74, 6) is 0. The van der Waals surface area contributed by atoms with Crippen molar-refractivity contribution in [2.75, 3.05) is 9.71 Å². The molecule has 1 saturated carbocycles. The van der Waals surface area contributed by atoms with Gasteiger partial charge in [-0.1, -0.05) is 128 Å². The molecule has 4 heteroatoms. The molecule has 2 unspecified atom stereocenters. The lowest BCUT2D eigenvalue weighted by Gasteiger charge is -2.55. The van der Waals surface area contributed by atoms with Gasteiger partial charge in [-0.15, -0.1) is 11.3 Å². The van der Waals surface area contributed by atoms with Crippen molar-refractivity contribution < 1.29 is 0 Å². The van der Waals surface area contributed by atoms with Crippen LogP contribution in [0.15, 0.2) is 109 Å². The van der Waals surface area contributed by atoms with Crippen LogP contribution in [0.2, 0.25) is 0 Å². The first-order chi connectivity index (χ1) is 27.2. The number of anilines is 4. The molecule has 3 aliphatic heterocycles. The highest BCUT2D eigenvalue weighted by Gasteiger charge is 2.63. The second kappa shape index (κ2) is 11.7. The van der Waals surface area contributed by atoms with Gasteiger partial charge in [-0.25, -0.2) is 0 Å². The van der Waals surface area contributed by atoms with E-state index in [4.69, 9.17) is 0 Å². The minimum Gasteiger partial charge on any atom is -0.400 e. The van der Waals surface area contributed by atoms with Crippen molar-refractivity contribution in [2.45, 2.75) is 110 Å². The molecule has 4 aliphatic rings. The summed E-state index contributed by atoms with van der Waals surface area (Å²) in [5, 5.41) is 2.70. The van der Waals surface area contributed by atoms with Gasteiger partial charge in [0.25, 0.3) is 0 Å². The van der Waals surface area contributed by atoms with Crippen molar-refractivity contribution in [2.24, 2.45) is 0 Å². The summed E-state index contributed by atoms with van der Waals surface area (Å²) in [4.78, 5) is 5.66. The van der Waals surface area contributed by atoms with Gasteiger partial charge >= 0.3 is 6.85 Å². The van der Waals surface area contributed by atoms with E-state index in [-0.39, 0.29) is 28.6 Å². The Morgan fingerprint density at radius 3 is 2.11 bits per heavy atom. The Hall–Kier alpha value is -4.80. The molecule has 0 radical (unpaired) electrons. The fourth-order valence-corrected chi connectivity index (χ4v) is 12.6. The van der Waals surface area contributed by atoms with Gasteiger partial charge < -0.3 is 9.71 Å². The van der Waals surface area contributed by atoms with Crippen LogP contribution in [0.3, 0.4) is 0 Å². The van der Waals surface area contributed by atoms with Gasteiger partial charge in [0.1, 0.15) is 0 Å². The van der Waals surface area contributed by atoms with Crippen LogP contribution < -0.4 is 20.6 Å². The van der Waals surface area contributed by atoms with Crippen LogP contribution in [0, 0.1) is 6.92 Å². The zero-order valence-electron chi connectivity index (χ0n) is 35.1. The summed E-state index contributed by atoms with van der Waals surface area (Å²) in [5.41, 5.74) is 19.4. The Labute approximate surface area is 343 Å². The van der Waals surface area contributed by atoms with Crippen LogP contribution >= 0.6 is 11.3 Å². The van der Waals surface area contributed by atoms with E-state index in [0.29, 0.717) is 0 Å². The van der Waals surface area contributed by atoms with Crippen LogP contribution in [-0.2, 0) is 16.2 Å². The SMILES string of the molecule is Cc1cc2c3c(c1)N(c1ccc(C(C)(C)C)cc1-c1ccccc1)c1cc4c(cc1B3N1c3c-2cc(C(C)(C)C)cc3C2(C)CCCCC12C)sc1ccccc14. The lowest BCUT2D eigenvalue weighted by molar-refractivity contribution is 0.199. The molecule has 0 saturated heterocycles. The van der Waals surface area contributed by atoms with Crippen molar-refractivity contribution >= 4 is 72.0 Å². The van der Waals surface area contributed by atoms with E-state index in [1.54, 1.807) is 5.56 Å². The Morgan fingerprint density at radius 2 is 1.33 bits per heavy atom. The van der Waals surface area contributed by atoms with Gasteiger partial charge in [-0.2, -0.15) is 0 Å². The van der Waals surface area contributed by atoms with Crippen molar-refractivity contribution in [3.63, 3.8) is 0 Å². The number of thiophene rings is 1. The van der Waals surface area contributed by atoms with E-state index < -0.39 is 0 Å². The quantitative estimate of drug-likeness (QED) is 0.162. The number of hydrogen-bond donors (Lipinski definition) is 0. The summed E-state index contributed by atoms with van der Waals surface area (Å²) in [6.07, 6.45) is 4.99. The van der Waals surface area contributed by atoms with Crippen LogP contribution in [0.4, 0.5) is 22.7 Å². The second-order valence-corrected chi connectivity index (χ2v) is 21.3. The van der Waals surface area contributed by atoms with E-state index in [1.165, 1.54) is 118 Å². The molecule has 1 fully saturated rings. The van der Waals surface area contributed by atoms with E-state index in [0.717, 1.165) is 0 Å². The van der Waals surface area contributed by atoms with Gasteiger partial charge in [-0.3, -0.25) is 0 Å². The van der Waals surface area contributed by atoms with E-state index in [9.17, 15) is 0 Å². The minimum absolute atomic E-state index is 0.0151. The molecule has 0 spiro atoms. The minimum atomic E-state index is -0.0263. The van der Waals surface area contributed by atoms with Crippen molar-refractivity contribution in [1.29, 1.82) is 0 Å². The molecule has 0 N–H and O–H groups in total. The van der Waals surface area contributed by atoms with Crippen molar-refractivity contribution in [1.82, 2.24) is 0 Å². The first-order valence-electron chi connectivity index (χ1n) is 21.3. The topological polar surface area (TPSA) is 6.48 Å². The number of hydrogen-bond acceptors (Lipinski definition) is 3. The fourth-order valence-electron chi connectivity index (χ4n) is 11.4. The van der Waals surface area contributed by atoms with E-state index in [1.807, 2.05) is 11.3 Å². The zero-order chi connectivity index (χ0) is 39.4. The standard InChI is InChI=1S/C53H53BN2S/c1-32-25-39-40-28-35(51(5,6)7)29-41-49(40)56(53(9)24-16-15-23-52(41,53)8)54-42-31-47-38(36-19-13-14-20-46(36)57-47)30-44(42)55(45(26-32)48(39)54)43-22-21-34(50(2,3)4)27-37(43)33-17-11-10-12-18-33/h10-14,17-22,25-31H,15-16,23-24H2,1-9H3. The zero-order valence-corrected chi connectivity index (χ0v) is 35.9. The van der Waals surface area contributed by atoms with Crippen LogP contribution in [-0.4, -0.2) is 12.4 Å². The number of nitrogens with zero attached hydrogens (tertiary/aromatic N) is 2. The van der Waals surface area contributed by atoms with Gasteiger partial charge in [0, 0.05) is 59.3 Å². The van der Waals surface area contributed by atoms with Crippen LogP contribution in [0.1, 0.15) is 103 Å². The highest BCUT2D eigenvalue weighted by molar-refractivity contribution is 7.26. The molecular formula is C53H53BN2S. The molecule has 0 bridgehead atoms. The smallest absolute Gasteiger partial charge is 0.328 e. The second-order valence-electron chi connectivity index (χ2n) is 20.2. The number of aryl methyl sites for hydroxylation is 1. The summed E-state index contributed by atoms with van der Waals surface area (Å²) in [7, 11) is 0. The molecule has 6 aromatic carbocycles. The molecular weight excluding hydrogens is 707 g/mol. The predicted octanol–water partition coefficient (Wildman–Crippen LogP) is 13.6. The summed E-state index contributed by atoms with van der Waals surface area (Å²) >= 11 is 1.95. The highest BCUT2D eigenvalue weighted by Crippen LogP contribution is 2.63. The molecule has 4 heterocycles. The molecule has 284 valence electrons. The molecule has 7 aromatic rings. The maximum atomic E-state index is 2.99. The van der Waals surface area contributed by atoms with Gasteiger partial charge in [0.05, 0.1) is 5.69 Å². The molecule has 0 amide bonds. The summed E-state index contributed by atoms with van der Waals surface area (Å²) in [6.45, 7) is 21.9. The molecule has 57 heavy (non-hydrogen) atoms. The number of benzene rings is 6. The van der Waals surface area contributed by atoms with Crippen molar-refractivity contribution in [3.8, 4) is 22.3 Å². The molecule has 11 rings (SSSR count). The average molecular weight is 761 g/mol. The monoisotopic (exact) mass is 760 g/mol. The third-order valence-corrected chi connectivity index (χ3v) is 15.9. The predicted molar refractivity (Wildman–Crippen MR) is 249 cm³/mol. The Kier molecular flexibility index (Phi) is 7.24. The molecule has 1 aliphatic carbocycles. The van der Waals surface area contributed by atoms with Gasteiger partial charge in [0.2, 0.25) is 0 Å². The third-order valence-electron chi connectivity index (χ3n) is 14.7. The van der Waals surface area contributed by atoms with E-state index >= 15 is 0 Å². The Bertz CT molecular complexity index is 2840. The van der Waals surface area contributed by atoms with Crippen LogP contribution in [0.5, 0.6) is 0 Å². The normalized spacial score (nSPS) is 20.8. The number of fused-ring (bicyclic) bond motifs is 10. The average Bonchev–Trinajstić information content (AvgIpc) is 3.64. The molecule has 1 aromatic heterocycles. The fraction of sp³-hybridized carbons (Fsp3) is 0.321. The summed E-state index contributed by atoms with van der Waals surface area (Å²) < 4.78 is 2.73. The third kappa shape index (κ3) is 4.77. The maximum Gasteiger partial charge on any atom is 0.328 e. The lowest BCUT2D eigenvalue weighted by Crippen LogP contribution is -2.70. The highest BCUT2D eigenvalue weighted by atomic mass is 32.1. The molecule has 2 nitrogen and oxygen atoms in total. The Morgan fingerprint density at radius 1 is 0.614 bits per heavy atom. The summed E-state index contributed by atoms with van der Waals surface area (Å²) in [6, 6.07) is 42.9. The van der Waals surface area contributed by atoms with Crippen LogP contribution in [0.25, 0.3) is 42.4 Å². The van der Waals surface area contributed by atoms with Gasteiger partial charge in [-0.05, 0) is 124 Å². The lowest BCUT2D eigenvalue weighted by atomic mass is 9.42. The first-order valence-corrected chi connectivity index (χ1v) is 22.1.